The molecule has 546 valence electrons. The smallest absolute Gasteiger partial charge is 0.462 e. The minimum Gasteiger partial charge on any atom is -0.462 e. The number of carbonyl (C=O) groups is 4. The lowest BCUT2D eigenvalue weighted by atomic mass is 9.99. The van der Waals surface area contributed by atoms with Gasteiger partial charge in [0, 0.05) is 25.7 Å². The van der Waals surface area contributed by atoms with Gasteiger partial charge in [0.05, 0.1) is 26.4 Å². The van der Waals surface area contributed by atoms with Crippen molar-refractivity contribution in [1.29, 1.82) is 0 Å². The summed E-state index contributed by atoms with van der Waals surface area (Å²) in [5, 5.41) is 10.6. The average Bonchev–Trinajstić information content (AvgIpc) is 3.05. The van der Waals surface area contributed by atoms with Gasteiger partial charge >= 0.3 is 39.5 Å². The van der Waals surface area contributed by atoms with Crippen LogP contribution in [-0.4, -0.2) is 96.7 Å². The highest BCUT2D eigenvalue weighted by molar-refractivity contribution is 7.47. The summed E-state index contributed by atoms with van der Waals surface area (Å²) in [5.41, 5.74) is 0. The van der Waals surface area contributed by atoms with Crippen LogP contribution in [0.1, 0.15) is 364 Å². The first-order valence-electron chi connectivity index (χ1n) is 37.8. The molecule has 0 saturated carbocycles. The van der Waals surface area contributed by atoms with E-state index in [1.54, 1.807) is 0 Å². The highest BCUT2D eigenvalue weighted by Gasteiger charge is 2.30. The summed E-state index contributed by atoms with van der Waals surface area (Å²) in [6, 6.07) is 0. The number of phosphoric ester groups is 2. The Labute approximate surface area is 562 Å². The van der Waals surface area contributed by atoms with Crippen LogP contribution in [0, 0.1) is 23.7 Å². The monoisotopic (exact) mass is 1350 g/mol. The van der Waals surface area contributed by atoms with E-state index in [1.165, 1.54) is 161 Å². The Bertz CT molecular complexity index is 1820. The number of carbonyl (C=O) groups excluding carboxylic acids is 4. The summed E-state index contributed by atoms with van der Waals surface area (Å²) in [5.74, 6) is 0.928. The molecule has 0 bridgehead atoms. The first-order valence-corrected chi connectivity index (χ1v) is 40.8. The van der Waals surface area contributed by atoms with Crippen molar-refractivity contribution in [2.24, 2.45) is 23.7 Å². The van der Waals surface area contributed by atoms with Crippen molar-refractivity contribution in [3.8, 4) is 0 Å². The second-order valence-electron chi connectivity index (χ2n) is 27.8. The molecule has 17 nitrogen and oxygen atoms in total. The summed E-state index contributed by atoms with van der Waals surface area (Å²) in [6.07, 6.45) is 45.8. The molecule has 0 fully saturated rings. The van der Waals surface area contributed by atoms with Crippen molar-refractivity contribution in [3.05, 3.63) is 0 Å². The number of unbranched alkanes of at least 4 members (excludes halogenated alkanes) is 34. The molecule has 0 aliphatic rings. The molecule has 0 aliphatic carbocycles. The standard InChI is InChI=1S/C73H142O17P2/c1-9-65(7)51-43-35-26-20-15-13-11-12-14-16-21-29-39-47-55-72(77)89-68(59-83-70(75)53-45-37-28-24-23-27-36-44-52-66(8)10-2)61-87-91(79,80)85-57-67(74)58-86-92(81,82)88-62-69(60-84-71(76)54-46-38-32-31-34-42-50-64(5)6)90-73(78)56-48-40-30-22-18-17-19-25-33-41-49-63(3)4/h63-69,74H,9-62H2,1-8H3,(H,79,80)(H,81,82)/t65?,66?,67-,68-,69-/m1/s1. The predicted octanol–water partition coefficient (Wildman–Crippen LogP) is 20.9. The maximum Gasteiger partial charge on any atom is 0.472 e. The van der Waals surface area contributed by atoms with Crippen LogP contribution in [0.3, 0.4) is 0 Å². The molecule has 7 atom stereocenters. The Morgan fingerprint density at radius 2 is 0.522 bits per heavy atom. The van der Waals surface area contributed by atoms with Crippen molar-refractivity contribution in [3.63, 3.8) is 0 Å². The Morgan fingerprint density at radius 1 is 0.304 bits per heavy atom. The highest BCUT2D eigenvalue weighted by atomic mass is 31.2. The maximum absolute atomic E-state index is 13.1. The van der Waals surface area contributed by atoms with Crippen LogP contribution < -0.4 is 0 Å². The molecule has 0 aromatic carbocycles. The van der Waals surface area contributed by atoms with Gasteiger partial charge in [0.1, 0.15) is 19.3 Å². The Morgan fingerprint density at radius 3 is 0.772 bits per heavy atom. The molecule has 0 saturated heterocycles. The van der Waals surface area contributed by atoms with Gasteiger partial charge in [-0.25, -0.2) is 9.13 Å². The fraction of sp³-hybridized carbons (Fsp3) is 0.945. The molecule has 0 radical (unpaired) electrons. The van der Waals surface area contributed by atoms with E-state index >= 15 is 0 Å². The van der Waals surface area contributed by atoms with Crippen LogP contribution >= 0.6 is 15.6 Å². The Balaban J connectivity index is 5.24. The van der Waals surface area contributed by atoms with E-state index in [4.69, 9.17) is 37.0 Å². The third kappa shape index (κ3) is 64.1. The van der Waals surface area contributed by atoms with Crippen LogP contribution in [0.2, 0.25) is 0 Å². The summed E-state index contributed by atoms with van der Waals surface area (Å²) >= 11 is 0. The van der Waals surface area contributed by atoms with E-state index in [-0.39, 0.29) is 25.7 Å². The number of ether oxygens (including phenoxy) is 4. The zero-order valence-electron chi connectivity index (χ0n) is 60.2. The lowest BCUT2D eigenvalue weighted by Gasteiger charge is -2.21. The van der Waals surface area contributed by atoms with Crippen molar-refractivity contribution in [2.75, 3.05) is 39.6 Å². The normalized spacial score (nSPS) is 14.8. The topological polar surface area (TPSA) is 237 Å². The van der Waals surface area contributed by atoms with Gasteiger partial charge in [-0.05, 0) is 49.4 Å². The number of hydrogen-bond acceptors (Lipinski definition) is 15. The molecule has 0 aliphatic heterocycles. The SMILES string of the molecule is CCC(C)CCCCCCCCCCCCCCCCC(=O)O[C@H](COC(=O)CCCCCCCCCCC(C)CC)COP(=O)(O)OC[C@@H](O)COP(=O)(O)OC[C@@H](COC(=O)CCCCCCCCC(C)C)OC(=O)CCCCCCCCCCCCC(C)C. The minimum absolute atomic E-state index is 0.104. The second kappa shape index (κ2) is 62.6. The van der Waals surface area contributed by atoms with Crippen molar-refractivity contribution < 1.29 is 80.2 Å². The fourth-order valence-electron chi connectivity index (χ4n) is 11.0. The number of aliphatic hydroxyl groups is 1. The first-order chi connectivity index (χ1) is 44.2. The molecule has 0 aromatic heterocycles. The largest absolute Gasteiger partial charge is 0.472 e. The van der Waals surface area contributed by atoms with Gasteiger partial charge in [0.2, 0.25) is 0 Å². The van der Waals surface area contributed by atoms with Crippen molar-refractivity contribution in [1.82, 2.24) is 0 Å². The molecule has 19 heteroatoms. The number of hydrogen-bond donors (Lipinski definition) is 3. The van der Waals surface area contributed by atoms with Gasteiger partial charge in [-0.15, -0.1) is 0 Å². The molecule has 0 spiro atoms. The van der Waals surface area contributed by atoms with Crippen molar-refractivity contribution >= 4 is 39.5 Å². The van der Waals surface area contributed by atoms with Gasteiger partial charge in [-0.3, -0.25) is 37.3 Å². The minimum atomic E-state index is -4.96. The van der Waals surface area contributed by atoms with E-state index in [0.29, 0.717) is 31.6 Å². The predicted molar refractivity (Wildman–Crippen MR) is 372 cm³/mol. The zero-order chi connectivity index (χ0) is 68.2. The van der Waals surface area contributed by atoms with Crippen LogP contribution in [0.15, 0.2) is 0 Å². The quantitative estimate of drug-likeness (QED) is 0.0222. The van der Waals surface area contributed by atoms with Gasteiger partial charge in [0.15, 0.2) is 12.2 Å². The zero-order valence-corrected chi connectivity index (χ0v) is 62.0. The summed E-state index contributed by atoms with van der Waals surface area (Å²) in [4.78, 5) is 72.6. The van der Waals surface area contributed by atoms with E-state index in [1.807, 2.05) is 0 Å². The van der Waals surface area contributed by atoms with Gasteiger partial charge in [0.25, 0.3) is 0 Å². The average molecular weight is 1350 g/mol. The molecule has 0 amide bonds. The van der Waals surface area contributed by atoms with Crippen molar-refractivity contribution in [2.45, 2.75) is 382 Å². The molecular weight excluding hydrogens is 1210 g/mol. The Kier molecular flexibility index (Phi) is 61.3. The summed E-state index contributed by atoms with van der Waals surface area (Å²) < 4.78 is 68.4. The third-order valence-corrected chi connectivity index (χ3v) is 19.4. The van der Waals surface area contributed by atoms with E-state index in [0.717, 1.165) is 114 Å². The summed E-state index contributed by atoms with van der Waals surface area (Å²) in [7, 11) is -9.91. The Hall–Kier alpha value is -1.94. The van der Waals surface area contributed by atoms with Crippen LogP contribution in [0.4, 0.5) is 0 Å². The van der Waals surface area contributed by atoms with Crippen LogP contribution in [0.25, 0.3) is 0 Å². The highest BCUT2D eigenvalue weighted by Crippen LogP contribution is 2.45. The molecule has 4 unspecified atom stereocenters. The van der Waals surface area contributed by atoms with Crippen LogP contribution in [0.5, 0.6) is 0 Å². The molecule has 3 N–H and O–H groups in total. The van der Waals surface area contributed by atoms with E-state index in [2.05, 4.69) is 55.4 Å². The fourth-order valence-corrected chi connectivity index (χ4v) is 12.5. The molecule has 0 rings (SSSR count). The third-order valence-electron chi connectivity index (χ3n) is 17.5. The van der Waals surface area contributed by atoms with E-state index in [9.17, 15) is 43.2 Å². The number of rotatable bonds is 70. The van der Waals surface area contributed by atoms with Crippen LogP contribution in [-0.2, 0) is 65.4 Å². The number of phosphoric acid groups is 2. The lowest BCUT2D eigenvalue weighted by molar-refractivity contribution is -0.161. The maximum atomic E-state index is 13.1. The molecule has 92 heavy (non-hydrogen) atoms. The van der Waals surface area contributed by atoms with Gasteiger partial charge in [-0.1, -0.05) is 312 Å². The molecular formula is C73H142O17P2. The summed E-state index contributed by atoms with van der Waals surface area (Å²) in [6.45, 7) is 14.1. The second-order valence-corrected chi connectivity index (χ2v) is 30.7. The molecule has 0 heterocycles. The number of esters is 4. The lowest BCUT2D eigenvalue weighted by Crippen LogP contribution is -2.30. The molecule has 0 aromatic rings. The van der Waals surface area contributed by atoms with Gasteiger partial charge in [-0.2, -0.15) is 0 Å². The van der Waals surface area contributed by atoms with E-state index < -0.39 is 97.5 Å². The number of aliphatic hydroxyl groups excluding tert-OH is 1. The van der Waals surface area contributed by atoms with Gasteiger partial charge < -0.3 is 33.8 Å². The first kappa shape index (κ1) is 90.1.